The number of rotatable bonds is 4. The third-order valence-electron chi connectivity index (χ3n) is 3.90. The van der Waals surface area contributed by atoms with Gasteiger partial charge in [-0.05, 0) is 23.3 Å². The van der Waals surface area contributed by atoms with Gasteiger partial charge < -0.3 is 5.32 Å². The molecule has 24 heavy (non-hydrogen) atoms. The van der Waals surface area contributed by atoms with Gasteiger partial charge in [0.2, 0.25) is 5.96 Å². The standard InChI is InChI=1S/C18H18ClFN4/c19-15-8-6-14(7-9-15)17-16(13-4-2-1-3-5-13)12-24(23-17)18(21)22-11-10-20/h1-9,16H,10-12H2,(H2,21,22). The van der Waals surface area contributed by atoms with E-state index in [1.807, 2.05) is 42.5 Å². The number of halogens is 2. The first-order chi connectivity index (χ1) is 11.7. The highest BCUT2D eigenvalue weighted by Gasteiger charge is 2.30. The summed E-state index contributed by atoms with van der Waals surface area (Å²) >= 11 is 5.98. The van der Waals surface area contributed by atoms with Crippen molar-refractivity contribution in [3.05, 3.63) is 70.7 Å². The Morgan fingerprint density at radius 2 is 1.92 bits per heavy atom. The van der Waals surface area contributed by atoms with E-state index in [0.29, 0.717) is 11.6 Å². The minimum atomic E-state index is -0.522. The van der Waals surface area contributed by atoms with Crippen LogP contribution < -0.4 is 5.32 Å². The number of nitrogens with one attached hydrogen (secondary N) is 2. The van der Waals surface area contributed by atoms with Crippen molar-refractivity contribution in [1.82, 2.24) is 10.3 Å². The largest absolute Gasteiger partial charge is 0.352 e. The minimum Gasteiger partial charge on any atom is -0.352 e. The summed E-state index contributed by atoms with van der Waals surface area (Å²) in [6.45, 7) is 0.128. The molecular formula is C18H18ClFN4. The first-order valence-corrected chi connectivity index (χ1v) is 8.12. The molecule has 0 aliphatic carbocycles. The van der Waals surface area contributed by atoms with E-state index >= 15 is 0 Å². The number of guanidine groups is 1. The molecule has 1 unspecified atom stereocenters. The maximum Gasteiger partial charge on any atom is 0.212 e. The van der Waals surface area contributed by atoms with Crippen LogP contribution in [-0.2, 0) is 0 Å². The van der Waals surface area contributed by atoms with E-state index in [1.54, 1.807) is 5.01 Å². The maximum atomic E-state index is 12.3. The summed E-state index contributed by atoms with van der Waals surface area (Å²) in [6, 6.07) is 17.6. The van der Waals surface area contributed by atoms with Gasteiger partial charge >= 0.3 is 0 Å². The third-order valence-corrected chi connectivity index (χ3v) is 4.15. The topological polar surface area (TPSA) is 51.5 Å². The zero-order valence-electron chi connectivity index (χ0n) is 13.0. The molecule has 0 aromatic heterocycles. The first-order valence-electron chi connectivity index (χ1n) is 7.74. The highest BCUT2D eigenvalue weighted by Crippen LogP contribution is 2.29. The fraction of sp³-hybridized carbons (Fsp3) is 0.222. The fourth-order valence-corrected chi connectivity index (χ4v) is 2.85. The molecule has 0 amide bonds. The highest BCUT2D eigenvalue weighted by atomic mass is 35.5. The Labute approximate surface area is 145 Å². The van der Waals surface area contributed by atoms with Gasteiger partial charge in [0.05, 0.1) is 12.3 Å². The molecule has 0 saturated heterocycles. The lowest BCUT2D eigenvalue weighted by atomic mass is 9.91. The van der Waals surface area contributed by atoms with Gasteiger partial charge in [0.1, 0.15) is 6.67 Å². The lowest BCUT2D eigenvalue weighted by Gasteiger charge is -2.17. The van der Waals surface area contributed by atoms with Gasteiger partial charge in [0.25, 0.3) is 0 Å². The second kappa shape index (κ2) is 7.45. The van der Waals surface area contributed by atoms with Crippen molar-refractivity contribution < 1.29 is 4.39 Å². The van der Waals surface area contributed by atoms with Crippen LogP contribution in [0.4, 0.5) is 4.39 Å². The average Bonchev–Trinajstić information content (AvgIpc) is 3.06. The van der Waals surface area contributed by atoms with Crippen molar-refractivity contribution in [3.8, 4) is 0 Å². The SMILES string of the molecule is N=C(NCCF)N1CC(c2ccccc2)C(c2ccc(Cl)cc2)=N1. The number of alkyl halides is 1. The second-order valence-electron chi connectivity index (χ2n) is 5.50. The van der Waals surface area contributed by atoms with E-state index in [1.165, 1.54) is 0 Å². The van der Waals surface area contributed by atoms with Crippen LogP contribution in [0, 0.1) is 5.41 Å². The molecule has 3 rings (SSSR count). The molecule has 2 aromatic rings. The zero-order chi connectivity index (χ0) is 16.9. The summed E-state index contributed by atoms with van der Waals surface area (Å²) in [6.07, 6.45) is 0. The van der Waals surface area contributed by atoms with E-state index in [4.69, 9.17) is 17.0 Å². The van der Waals surface area contributed by atoms with Gasteiger partial charge in [-0.1, -0.05) is 54.1 Å². The van der Waals surface area contributed by atoms with E-state index in [9.17, 15) is 4.39 Å². The van der Waals surface area contributed by atoms with Crippen LogP contribution in [0.3, 0.4) is 0 Å². The second-order valence-corrected chi connectivity index (χ2v) is 5.94. The molecule has 6 heteroatoms. The highest BCUT2D eigenvalue weighted by molar-refractivity contribution is 6.30. The van der Waals surface area contributed by atoms with E-state index in [-0.39, 0.29) is 18.4 Å². The number of hydrogen-bond donors (Lipinski definition) is 2. The zero-order valence-corrected chi connectivity index (χ0v) is 13.8. The van der Waals surface area contributed by atoms with Crippen molar-refractivity contribution in [1.29, 1.82) is 5.41 Å². The lowest BCUT2D eigenvalue weighted by Crippen LogP contribution is -2.37. The molecule has 124 valence electrons. The predicted octanol–water partition coefficient (Wildman–Crippen LogP) is 3.64. The molecule has 1 heterocycles. The van der Waals surface area contributed by atoms with E-state index < -0.39 is 6.67 Å². The van der Waals surface area contributed by atoms with Gasteiger partial charge in [-0.2, -0.15) is 5.10 Å². The average molecular weight is 345 g/mol. The molecular weight excluding hydrogens is 327 g/mol. The third kappa shape index (κ3) is 3.57. The van der Waals surface area contributed by atoms with Crippen molar-refractivity contribution in [3.63, 3.8) is 0 Å². The molecule has 0 radical (unpaired) electrons. The van der Waals surface area contributed by atoms with Crippen LogP contribution in [0.2, 0.25) is 5.02 Å². The van der Waals surface area contributed by atoms with Crippen LogP contribution in [0.25, 0.3) is 0 Å². The van der Waals surface area contributed by atoms with Gasteiger partial charge in [-0.3, -0.25) is 5.41 Å². The van der Waals surface area contributed by atoms with Crippen LogP contribution in [0.5, 0.6) is 0 Å². The van der Waals surface area contributed by atoms with Crippen LogP contribution in [-0.4, -0.2) is 36.4 Å². The smallest absolute Gasteiger partial charge is 0.212 e. The molecule has 2 aromatic carbocycles. The summed E-state index contributed by atoms with van der Waals surface area (Å²) in [5.41, 5.74) is 2.98. The summed E-state index contributed by atoms with van der Waals surface area (Å²) in [7, 11) is 0. The molecule has 4 nitrogen and oxygen atoms in total. The quantitative estimate of drug-likeness (QED) is 0.657. The van der Waals surface area contributed by atoms with Gasteiger partial charge in [0.15, 0.2) is 0 Å². The molecule has 0 spiro atoms. The summed E-state index contributed by atoms with van der Waals surface area (Å²) in [4.78, 5) is 0. The van der Waals surface area contributed by atoms with E-state index in [2.05, 4.69) is 22.6 Å². The van der Waals surface area contributed by atoms with Crippen molar-refractivity contribution >= 4 is 23.3 Å². The van der Waals surface area contributed by atoms with Crippen LogP contribution in [0.15, 0.2) is 59.7 Å². The Bertz CT molecular complexity index is 730. The Morgan fingerprint density at radius 3 is 2.58 bits per heavy atom. The van der Waals surface area contributed by atoms with Gasteiger partial charge in [-0.25, -0.2) is 9.40 Å². The Morgan fingerprint density at radius 1 is 1.21 bits per heavy atom. The van der Waals surface area contributed by atoms with E-state index in [0.717, 1.165) is 16.8 Å². The summed E-state index contributed by atoms with van der Waals surface area (Å²) in [5.74, 6) is 0.150. The Kier molecular flexibility index (Phi) is 5.11. The minimum absolute atomic E-state index is 0.0416. The Hall–Kier alpha value is -2.40. The monoisotopic (exact) mass is 344 g/mol. The Balaban J connectivity index is 1.92. The number of benzene rings is 2. The van der Waals surface area contributed by atoms with Crippen molar-refractivity contribution in [2.24, 2.45) is 5.10 Å². The summed E-state index contributed by atoms with van der Waals surface area (Å²) < 4.78 is 12.3. The molecule has 2 N–H and O–H groups in total. The number of hydrogen-bond acceptors (Lipinski definition) is 2. The van der Waals surface area contributed by atoms with Crippen molar-refractivity contribution in [2.45, 2.75) is 5.92 Å². The molecule has 0 bridgehead atoms. The summed E-state index contributed by atoms with van der Waals surface area (Å²) in [5, 5.41) is 17.6. The fourth-order valence-electron chi connectivity index (χ4n) is 2.73. The molecule has 1 aliphatic heterocycles. The van der Waals surface area contributed by atoms with Crippen molar-refractivity contribution in [2.75, 3.05) is 19.8 Å². The van der Waals surface area contributed by atoms with Crippen LogP contribution >= 0.6 is 11.6 Å². The predicted molar refractivity (Wildman–Crippen MR) is 95.6 cm³/mol. The van der Waals surface area contributed by atoms with Gasteiger partial charge in [-0.15, -0.1) is 0 Å². The number of hydrazone groups is 1. The molecule has 0 fully saturated rings. The normalized spacial score (nSPS) is 16.8. The van der Waals surface area contributed by atoms with Gasteiger partial charge in [0, 0.05) is 17.5 Å². The maximum absolute atomic E-state index is 12.3. The first kappa shape index (κ1) is 16.5. The molecule has 1 atom stereocenters. The lowest BCUT2D eigenvalue weighted by molar-refractivity contribution is 0.435. The molecule has 1 aliphatic rings. The molecule has 0 saturated carbocycles. The van der Waals surface area contributed by atoms with Crippen LogP contribution in [0.1, 0.15) is 17.0 Å². The number of nitrogens with zero attached hydrogens (tertiary/aromatic N) is 2.